The molecular weight excluding hydrogens is 218 g/mol. The van der Waals surface area contributed by atoms with Crippen LogP contribution in [0.5, 0.6) is 0 Å². The first-order valence-electron chi connectivity index (χ1n) is 5.86. The maximum Gasteiger partial charge on any atom is 0.307 e. The van der Waals surface area contributed by atoms with Crippen LogP contribution in [-0.4, -0.2) is 40.8 Å². The minimum absolute atomic E-state index is 0.138. The molecule has 5 nitrogen and oxygen atoms in total. The van der Waals surface area contributed by atoms with E-state index in [9.17, 15) is 4.79 Å². The number of carbonyl (C=O) groups excluding carboxylic acids is 1. The standard InChI is InChI=1S/C12H21N3O2/c1-5-17-12(16)6-7-14(3)9-11-8-10(2)13-15(11)4/h8H,5-7,9H2,1-4H3. The Hall–Kier alpha value is -1.36. The Morgan fingerprint density at radius 2 is 2.29 bits per heavy atom. The van der Waals surface area contributed by atoms with Gasteiger partial charge in [-0.25, -0.2) is 0 Å². The van der Waals surface area contributed by atoms with E-state index in [1.807, 2.05) is 32.6 Å². The van der Waals surface area contributed by atoms with Crippen molar-refractivity contribution in [1.82, 2.24) is 14.7 Å². The molecule has 0 bridgehead atoms. The van der Waals surface area contributed by atoms with E-state index in [-0.39, 0.29) is 5.97 Å². The van der Waals surface area contributed by atoms with Crippen LogP contribution >= 0.6 is 0 Å². The van der Waals surface area contributed by atoms with Gasteiger partial charge in [0.15, 0.2) is 0 Å². The van der Waals surface area contributed by atoms with E-state index in [0.717, 1.165) is 17.9 Å². The third kappa shape index (κ3) is 4.56. The molecule has 0 N–H and O–H groups in total. The van der Waals surface area contributed by atoms with Crippen molar-refractivity contribution >= 4 is 5.97 Å². The minimum Gasteiger partial charge on any atom is -0.466 e. The fourth-order valence-corrected chi connectivity index (χ4v) is 1.68. The second-order valence-electron chi connectivity index (χ2n) is 4.19. The molecule has 1 aromatic heterocycles. The predicted octanol–water partition coefficient (Wildman–Crippen LogP) is 1.11. The summed E-state index contributed by atoms with van der Waals surface area (Å²) in [4.78, 5) is 13.3. The fraction of sp³-hybridized carbons (Fsp3) is 0.667. The molecule has 96 valence electrons. The van der Waals surface area contributed by atoms with Crippen LogP contribution in [0.15, 0.2) is 6.07 Å². The third-order valence-electron chi connectivity index (χ3n) is 2.53. The smallest absolute Gasteiger partial charge is 0.307 e. The SMILES string of the molecule is CCOC(=O)CCN(C)Cc1cc(C)nn1C. The lowest BCUT2D eigenvalue weighted by molar-refractivity contribution is -0.143. The van der Waals surface area contributed by atoms with E-state index in [2.05, 4.69) is 16.1 Å². The molecule has 0 aromatic carbocycles. The van der Waals surface area contributed by atoms with Gasteiger partial charge in [-0.05, 0) is 27.0 Å². The van der Waals surface area contributed by atoms with Gasteiger partial charge in [-0.3, -0.25) is 14.4 Å². The maximum atomic E-state index is 11.2. The molecule has 1 aromatic rings. The summed E-state index contributed by atoms with van der Waals surface area (Å²) in [5.74, 6) is -0.138. The Bertz CT molecular complexity index is 374. The third-order valence-corrected chi connectivity index (χ3v) is 2.53. The van der Waals surface area contributed by atoms with Crippen molar-refractivity contribution in [2.24, 2.45) is 7.05 Å². The van der Waals surface area contributed by atoms with Gasteiger partial charge >= 0.3 is 5.97 Å². The zero-order chi connectivity index (χ0) is 12.8. The van der Waals surface area contributed by atoms with Gasteiger partial charge in [0, 0.05) is 20.1 Å². The normalized spacial score (nSPS) is 10.9. The number of hydrogen-bond donors (Lipinski definition) is 0. The van der Waals surface area contributed by atoms with Crippen LogP contribution in [0.4, 0.5) is 0 Å². The van der Waals surface area contributed by atoms with Gasteiger partial charge < -0.3 is 4.74 Å². The Labute approximate surface area is 102 Å². The highest BCUT2D eigenvalue weighted by Crippen LogP contribution is 2.05. The van der Waals surface area contributed by atoms with Crippen molar-refractivity contribution in [2.45, 2.75) is 26.8 Å². The monoisotopic (exact) mass is 239 g/mol. The first kappa shape index (κ1) is 13.7. The van der Waals surface area contributed by atoms with Crippen LogP contribution in [-0.2, 0) is 23.1 Å². The Kier molecular flexibility index (Phi) is 5.15. The zero-order valence-electron chi connectivity index (χ0n) is 11.1. The second kappa shape index (κ2) is 6.39. The summed E-state index contributed by atoms with van der Waals surface area (Å²) in [6.45, 7) is 5.73. The first-order chi connectivity index (χ1) is 8.02. The van der Waals surface area contributed by atoms with Crippen LogP contribution in [0.25, 0.3) is 0 Å². The van der Waals surface area contributed by atoms with Crippen LogP contribution in [0, 0.1) is 6.92 Å². The number of hydrogen-bond acceptors (Lipinski definition) is 4. The Balaban J connectivity index is 2.37. The van der Waals surface area contributed by atoms with Gasteiger partial charge in [-0.2, -0.15) is 5.10 Å². The molecule has 1 rings (SSSR count). The molecule has 0 aliphatic carbocycles. The molecule has 0 spiro atoms. The number of rotatable bonds is 6. The van der Waals surface area contributed by atoms with Crippen LogP contribution < -0.4 is 0 Å². The summed E-state index contributed by atoms with van der Waals surface area (Å²) in [7, 11) is 3.92. The summed E-state index contributed by atoms with van der Waals surface area (Å²) < 4.78 is 6.76. The van der Waals surface area contributed by atoms with E-state index < -0.39 is 0 Å². The lowest BCUT2D eigenvalue weighted by Crippen LogP contribution is -2.23. The molecule has 0 saturated heterocycles. The number of aryl methyl sites for hydroxylation is 2. The van der Waals surface area contributed by atoms with E-state index in [4.69, 9.17) is 4.74 Å². The quantitative estimate of drug-likeness (QED) is 0.698. The van der Waals surface area contributed by atoms with E-state index in [1.165, 1.54) is 0 Å². The van der Waals surface area contributed by atoms with Crippen molar-refractivity contribution < 1.29 is 9.53 Å². The molecule has 0 radical (unpaired) electrons. The zero-order valence-corrected chi connectivity index (χ0v) is 11.1. The topological polar surface area (TPSA) is 47.4 Å². The molecule has 0 fully saturated rings. The Morgan fingerprint density at radius 3 is 2.82 bits per heavy atom. The second-order valence-corrected chi connectivity index (χ2v) is 4.19. The highest BCUT2D eigenvalue weighted by atomic mass is 16.5. The van der Waals surface area contributed by atoms with Crippen LogP contribution in [0.1, 0.15) is 24.7 Å². The first-order valence-corrected chi connectivity index (χ1v) is 5.86. The average Bonchev–Trinajstić information content (AvgIpc) is 2.55. The van der Waals surface area contributed by atoms with E-state index >= 15 is 0 Å². The van der Waals surface area contributed by atoms with Crippen molar-refractivity contribution in [3.63, 3.8) is 0 Å². The number of aromatic nitrogens is 2. The van der Waals surface area contributed by atoms with Crippen molar-refractivity contribution in [2.75, 3.05) is 20.2 Å². The summed E-state index contributed by atoms with van der Waals surface area (Å²) in [6, 6.07) is 2.06. The fourth-order valence-electron chi connectivity index (χ4n) is 1.68. The van der Waals surface area contributed by atoms with Gasteiger partial charge in [0.2, 0.25) is 0 Å². The summed E-state index contributed by atoms with van der Waals surface area (Å²) in [5, 5.41) is 4.29. The number of ether oxygens (including phenoxy) is 1. The molecule has 0 atom stereocenters. The van der Waals surface area contributed by atoms with Gasteiger partial charge in [-0.15, -0.1) is 0 Å². The molecule has 0 amide bonds. The summed E-state index contributed by atoms with van der Waals surface area (Å²) in [6.07, 6.45) is 0.432. The van der Waals surface area contributed by atoms with Gasteiger partial charge in [0.25, 0.3) is 0 Å². The number of esters is 1. The maximum absolute atomic E-state index is 11.2. The summed E-state index contributed by atoms with van der Waals surface area (Å²) in [5.41, 5.74) is 2.16. The molecule has 0 aliphatic heterocycles. The van der Waals surface area contributed by atoms with E-state index in [1.54, 1.807) is 0 Å². The summed E-state index contributed by atoms with van der Waals surface area (Å²) >= 11 is 0. The van der Waals surface area contributed by atoms with Crippen molar-refractivity contribution in [3.8, 4) is 0 Å². The molecule has 5 heteroatoms. The highest BCUT2D eigenvalue weighted by molar-refractivity contribution is 5.69. The molecule has 0 aliphatic rings. The van der Waals surface area contributed by atoms with Crippen molar-refractivity contribution in [1.29, 1.82) is 0 Å². The highest BCUT2D eigenvalue weighted by Gasteiger charge is 2.08. The van der Waals surface area contributed by atoms with Crippen LogP contribution in [0.3, 0.4) is 0 Å². The largest absolute Gasteiger partial charge is 0.466 e. The Morgan fingerprint density at radius 1 is 1.59 bits per heavy atom. The van der Waals surface area contributed by atoms with Crippen LogP contribution in [0.2, 0.25) is 0 Å². The average molecular weight is 239 g/mol. The molecule has 1 heterocycles. The number of nitrogens with zero attached hydrogens (tertiary/aromatic N) is 3. The molecular formula is C12H21N3O2. The molecule has 0 saturated carbocycles. The number of carbonyl (C=O) groups is 1. The van der Waals surface area contributed by atoms with Crippen molar-refractivity contribution in [3.05, 3.63) is 17.5 Å². The lowest BCUT2D eigenvalue weighted by atomic mass is 10.3. The van der Waals surface area contributed by atoms with Gasteiger partial charge in [0.1, 0.15) is 0 Å². The van der Waals surface area contributed by atoms with E-state index in [0.29, 0.717) is 19.6 Å². The molecule has 17 heavy (non-hydrogen) atoms. The van der Waals surface area contributed by atoms with Gasteiger partial charge in [-0.1, -0.05) is 0 Å². The predicted molar refractivity (Wildman–Crippen MR) is 65.5 cm³/mol. The van der Waals surface area contributed by atoms with Gasteiger partial charge in [0.05, 0.1) is 24.4 Å². The minimum atomic E-state index is -0.138. The molecule has 0 unspecified atom stereocenters. The lowest BCUT2D eigenvalue weighted by Gasteiger charge is -2.15.